The molecular formula is C22H24Cl3NO4. The van der Waals surface area contributed by atoms with Crippen molar-refractivity contribution in [1.29, 1.82) is 0 Å². The lowest BCUT2D eigenvalue weighted by Crippen LogP contribution is -2.27. The molecule has 0 saturated carbocycles. The smallest absolute Gasteiger partial charge is 0.146 e. The summed E-state index contributed by atoms with van der Waals surface area (Å²) in [6, 6.07) is 12.4. The van der Waals surface area contributed by atoms with E-state index >= 15 is 0 Å². The molecule has 162 valence electrons. The van der Waals surface area contributed by atoms with Gasteiger partial charge in [0.15, 0.2) is 0 Å². The van der Waals surface area contributed by atoms with E-state index in [1.54, 1.807) is 30.3 Å². The monoisotopic (exact) mass is 471 g/mol. The second kappa shape index (κ2) is 11.3. The van der Waals surface area contributed by atoms with Crippen LogP contribution in [-0.2, 0) is 4.84 Å². The summed E-state index contributed by atoms with van der Waals surface area (Å²) >= 11 is 17.4. The summed E-state index contributed by atoms with van der Waals surface area (Å²) in [5.74, 6) is 2.40. The third-order valence-electron chi connectivity index (χ3n) is 3.89. The zero-order valence-electron chi connectivity index (χ0n) is 17.2. The summed E-state index contributed by atoms with van der Waals surface area (Å²) < 4.78 is 17.3. The van der Waals surface area contributed by atoms with Crippen molar-refractivity contribution in [2.24, 2.45) is 10.6 Å². The lowest BCUT2D eigenvalue weighted by molar-refractivity contribution is 0.204. The highest BCUT2D eigenvalue weighted by Crippen LogP contribution is 2.33. The van der Waals surface area contributed by atoms with E-state index in [2.05, 4.69) is 25.9 Å². The normalized spacial score (nSPS) is 11.6. The lowest BCUT2D eigenvalue weighted by Gasteiger charge is -2.20. The van der Waals surface area contributed by atoms with Crippen LogP contribution in [-0.4, -0.2) is 26.0 Å². The first-order valence-electron chi connectivity index (χ1n) is 9.14. The van der Waals surface area contributed by atoms with Crippen LogP contribution in [0.2, 0.25) is 5.02 Å². The van der Waals surface area contributed by atoms with Crippen molar-refractivity contribution in [2.45, 2.75) is 20.8 Å². The molecule has 0 heterocycles. The Kier molecular flexibility index (Phi) is 9.15. The van der Waals surface area contributed by atoms with E-state index in [4.69, 9.17) is 53.9 Å². The Hall–Kier alpha value is -2.08. The van der Waals surface area contributed by atoms with Gasteiger partial charge in [-0.3, -0.25) is 0 Å². The first-order valence-corrected chi connectivity index (χ1v) is 10.3. The molecule has 0 radical (unpaired) electrons. The van der Waals surface area contributed by atoms with Crippen molar-refractivity contribution in [2.75, 3.05) is 20.3 Å². The number of benzene rings is 2. The molecule has 30 heavy (non-hydrogen) atoms. The zero-order chi connectivity index (χ0) is 22.1. The number of halogens is 3. The molecular weight excluding hydrogens is 449 g/mol. The summed E-state index contributed by atoms with van der Waals surface area (Å²) in [4.78, 5) is 4.91. The van der Waals surface area contributed by atoms with Gasteiger partial charge in [-0.15, -0.1) is 0 Å². The van der Waals surface area contributed by atoms with Crippen LogP contribution >= 0.6 is 34.8 Å². The highest BCUT2D eigenvalue weighted by atomic mass is 35.5. The van der Waals surface area contributed by atoms with Gasteiger partial charge in [-0.2, -0.15) is 0 Å². The SMILES string of the molecule is CON=C(COc1ccc(Oc2ccc(OCC=C(Cl)Cl)cc2Cl)cc1)C(C)(C)C. The van der Waals surface area contributed by atoms with Crippen molar-refractivity contribution < 1.29 is 19.0 Å². The van der Waals surface area contributed by atoms with E-state index in [9.17, 15) is 0 Å². The van der Waals surface area contributed by atoms with Crippen LogP contribution in [0.4, 0.5) is 0 Å². The Bertz CT molecular complexity index is 886. The van der Waals surface area contributed by atoms with Gasteiger partial charge in [0.25, 0.3) is 0 Å². The van der Waals surface area contributed by atoms with E-state index in [0.29, 0.717) is 34.6 Å². The maximum atomic E-state index is 6.29. The minimum Gasteiger partial charge on any atom is -0.489 e. The zero-order valence-corrected chi connectivity index (χ0v) is 19.5. The highest BCUT2D eigenvalue weighted by molar-refractivity contribution is 6.55. The number of hydrogen-bond donors (Lipinski definition) is 0. The van der Waals surface area contributed by atoms with Crippen LogP contribution in [0.5, 0.6) is 23.0 Å². The molecule has 0 spiro atoms. The van der Waals surface area contributed by atoms with Crippen molar-refractivity contribution >= 4 is 40.5 Å². The molecule has 2 aromatic rings. The molecule has 0 unspecified atom stereocenters. The topological polar surface area (TPSA) is 49.3 Å². The first-order chi connectivity index (χ1) is 14.2. The quantitative estimate of drug-likeness (QED) is 0.285. The molecule has 0 aromatic heterocycles. The minimum atomic E-state index is -0.155. The molecule has 0 N–H and O–H groups in total. The van der Waals surface area contributed by atoms with Crippen molar-refractivity contribution in [3.05, 3.63) is 58.1 Å². The second-order valence-corrected chi connectivity index (χ2v) is 8.64. The van der Waals surface area contributed by atoms with Gasteiger partial charge in [-0.05, 0) is 42.5 Å². The Morgan fingerprint density at radius 2 is 1.60 bits per heavy atom. The molecule has 0 aliphatic rings. The highest BCUT2D eigenvalue weighted by Gasteiger charge is 2.20. The Labute approximate surface area is 192 Å². The maximum absolute atomic E-state index is 6.29. The number of rotatable bonds is 9. The fraction of sp³-hybridized carbons (Fsp3) is 0.318. The summed E-state index contributed by atoms with van der Waals surface area (Å²) in [5.41, 5.74) is 0.654. The third-order valence-corrected chi connectivity index (χ3v) is 4.49. The van der Waals surface area contributed by atoms with E-state index in [1.165, 1.54) is 13.2 Å². The molecule has 8 heteroatoms. The van der Waals surface area contributed by atoms with E-state index < -0.39 is 0 Å². The van der Waals surface area contributed by atoms with Crippen LogP contribution in [0, 0.1) is 5.41 Å². The molecule has 0 saturated heterocycles. The fourth-order valence-corrected chi connectivity index (χ4v) is 2.56. The third kappa shape index (κ3) is 7.98. The maximum Gasteiger partial charge on any atom is 0.146 e. The van der Waals surface area contributed by atoms with Crippen LogP contribution in [0.15, 0.2) is 58.2 Å². The molecule has 0 atom stereocenters. The van der Waals surface area contributed by atoms with Crippen LogP contribution in [0.1, 0.15) is 20.8 Å². The molecule has 0 fully saturated rings. The van der Waals surface area contributed by atoms with Gasteiger partial charge in [0.05, 0.1) is 10.7 Å². The summed E-state index contributed by atoms with van der Waals surface area (Å²) in [5, 5.41) is 4.47. The Morgan fingerprint density at radius 1 is 0.967 bits per heavy atom. The number of oxime groups is 1. The molecule has 2 rings (SSSR count). The molecule has 5 nitrogen and oxygen atoms in total. The number of nitrogens with zero attached hydrogens (tertiary/aromatic N) is 1. The van der Waals surface area contributed by atoms with E-state index in [1.807, 2.05) is 12.1 Å². The molecule has 0 bridgehead atoms. The van der Waals surface area contributed by atoms with Gasteiger partial charge in [0, 0.05) is 11.5 Å². The van der Waals surface area contributed by atoms with Crippen LogP contribution in [0.25, 0.3) is 0 Å². The number of hydrogen-bond acceptors (Lipinski definition) is 5. The average molecular weight is 473 g/mol. The number of ether oxygens (including phenoxy) is 3. The second-order valence-electron chi connectivity index (χ2n) is 7.23. The van der Waals surface area contributed by atoms with Crippen molar-refractivity contribution in [3.8, 4) is 23.0 Å². The average Bonchev–Trinajstić information content (AvgIpc) is 2.67. The first kappa shape index (κ1) is 24.2. The van der Waals surface area contributed by atoms with Gasteiger partial charge < -0.3 is 19.0 Å². The standard InChI is InChI=1S/C22H24Cl3NO4/c1-22(2,3)20(26-27-4)14-29-15-5-7-16(8-6-15)30-19-10-9-17(13-18(19)23)28-12-11-21(24)25/h5-11,13H,12,14H2,1-4H3. The lowest BCUT2D eigenvalue weighted by atomic mass is 9.90. The van der Waals surface area contributed by atoms with Gasteiger partial charge >= 0.3 is 0 Å². The van der Waals surface area contributed by atoms with Crippen molar-refractivity contribution in [1.82, 2.24) is 0 Å². The minimum absolute atomic E-state index is 0.147. The van der Waals surface area contributed by atoms with Gasteiger partial charge in [-0.1, -0.05) is 60.7 Å². The molecule has 0 aliphatic carbocycles. The predicted octanol–water partition coefficient (Wildman–Crippen LogP) is 7.26. The van der Waals surface area contributed by atoms with Gasteiger partial charge in [0.1, 0.15) is 47.8 Å². The molecule has 0 aliphatic heterocycles. The largest absolute Gasteiger partial charge is 0.489 e. The molecule has 2 aromatic carbocycles. The predicted molar refractivity (Wildman–Crippen MR) is 123 cm³/mol. The van der Waals surface area contributed by atoms with E-state index in [0.717, 1.165) is 5.71 Å². The summed E-state index contributed by atoms with van der Waals surface area (Å²) in [6.45, 7) is 6.72. The van der Waals surface area contributed by atoms with E-state index in [-0.39, 0.29) is 16.5 Å². The Balaban J connectivity index is 1.97. The summed E-state index contributed by atoms with van der Waals surface area (Å²) in [7, 11) is 1.52. The van der Waals surface area contributed by atoms with Crippen LogP contribution in [0.3, 0.4) is 0 Å². The van der Waals surface area contributed by atoms with Crippen LogP contribution < -0.4 is 14.2 Å². The van der Waals surface area contributed by atoms with Gasteiger partial charge in [0.2, 0.25) is 0 Å². The van der Waals surface area contributed by atoms with Crippen molar-refractivity contribution in [3.63, 3.8) is 0 Å². The fourth-order valence-electron chi connectivity index (χ4n) is 2.23. The Morgan fingerprint density at radius 3 is 2.17 bits per heavy atom. The van der Waals surface area contributed by atoms with Gasteiger partial charge in [-0.25, -0.2) is 0 Å². The summed E-state index contributed by atoms with van der Waals surface area (Å²) in [6.07, 6.45) is 1.54. The molecule has 0 amide bonds.